The molecule has 0 radical (unpaired) electrons. The lowest BCUT2D eigenvalue weighted by Crippen LogP contribution is -2.12. The van der Waals surface area contributed by atoms with Crippen molar-refractivity contribution < 1.29 is 22.7 Å². The van der Waals surface area contributed by atoms with Crippen LogP contribution in [0.4, 0.5) is 13.2 Å². The Morgan fingerprint density at radius 1 is 1.50 bits per heavy atom. The zero-order chi connectivity index (χ0) is 13.9. The second-order valence-electron chi connectivity index (χ2n) is 3.33. The largest absolute Gasteiger partial charge is 0.477 e. The molecule has 1 aromatic carbocycles. The molecule has 0 aliphatic rings. The Morgan fingerprint density at radius 2 is 2.11 bits per heavy atom. The van der Waals surface area contributed by atoms with Crippen LogP contribution in [0.1, 0.15) is 22.8 Å². The molecular weight excluding hydrogens is 315 g/mol. The first kappa shape index (κ1) is 14.5. The van der Waals surface area contributed by atoms with Crippen molar-refractivity contribution in [3.63, 3.8) is 0 Å². The molecule has 0 amide bonds. The molecule has 0 N–H and O–H groups in total. The average molecular weight is 322 g/mol. The molecule has 0 aliphatic carbocycles. The highest BCUT2D eigenvalue weighted by Crippen LogP contribution is 2.40. The van der Waals surface area contributed by atoms with Gasteiger partial charge in [-0.3, -0.25) is 4.79 Å². The molecule has 1 aromatic rings. The standard InChI is InChI=1S/C11H7BrF3NO2/c1-6(17)8-4-7(12)5-9(11(13,14)15)10(8)18-3-2-16/h4-5H,3H2,1H3. The van der Waals surface area contributed by atoms with E-state index in [9.17, 15) is 18.0 Å². The minimum absolute atomic E-state index is 0.115. The van der Waals surface area contributed by atoms with E-state index in [0.29, 0.717) is 0 Å². The molecule has 18 heavy (non-hydrogen) atoms. The highest BCUT2D eigenvalue weighted by atomic mass is 79.9. The Balaban J connectivity index is 3.48. The van der Waals surface area contributed by atoms with Crippen LogP contribution >= 0.6 is 15.9 Å². The first-order valence-electron chi connectivity index (χ1n) is 4.68. The lowest BCUT2D eigenvalue weighted by molar-refractivity contribution is -0.138. The average Bonchev–Trinajstić information content (AvgIpc) is 2.25. The van der Waals surface area contributed by atoms with Gasteiger partial charge in [0.2, 0.25) is 0 Å². The van der Waals surface area contributed by atoms with Gasteiger partial charge in [0.1, 0.15) is 11.8 Å². The van der Waals surface area contributed by atoms with Crippen LogP contribution in [0.15, 0.2) is 16.6 Å². The minimum Gasteiger partial charge on any atom is -0.477 e. The summed E-state index contributed by atoms with van der Waals surface area (Å²) in [5.74, 6) is -1.19. The summed E-state index contributed by atoms with van der Waals surface area (Å²) in [7, 11) is 0. The van der Waals surface area contributed by atoms with Crippen molar-refractivity contribution in [2.75, 3.05) is 6.61 Å². The van der Waals surface area contributed by atoms with Gasteiger partial charge in [0.25, 0.3) is 0 Å². The van der Waals surface area contributed by atoms with Gasteiger partial charge in [0.15, 0.2) is 12.4 Å². The predicted octanol–water partition coefficient (Wildman–Crippen LogP) is 3.57. The van der Waals surface area contributed by atoms with Crippen LogP contribution in [0.5, 0.6) is 5.75 Å². The van der Waals surface area contributed by atoms with Gasteiger partial charge in [-0.25, -0.2) is 0 Å². The fourth-order valence-corrected chi connectivity index (χ4v) is 1.78. The molecule has 96 valence electrons. The lowest BCUT2D eigenvalue weighted by atomic mass is 10.1. The number of carbonyl (C=O) groups is 1. The molecule has 0 bridgehead atoms. The van der Waals surface area contributed by atoms with E-state index >= 15 is 0 Å². The summed E-state index contributed by atoms with van der Waals surface area (Å²) in [4.78, 5) is 11.3. The molecular formula is C11H7BrF3NO2. The van der Waals surface area contributed by atoms with Crippen molar-refractivity contribution in [2.24, 2.45) is 0 Å². The maximum absolute atomic E-state index is 12.8. The molecule has 0 aliphatic heterocycles. The Kier molecular flexibility index (Phi) is 4.35. The summed E-state index contributed by atoms with van der Waals surface area (Å²) < 4.78 is 43.3. The van der Waals surface area contributed by atoms with Gasteiger partial charge >= 0.3 is 6.18 Å². The molecule has 0 saturated carbocycles. The van der Waals surface area contributed by atoms with Gasteiger partial charge in [-0.2, -0.15) is 18.4 Å². The summed E-state index contributed by atoms with van der Waals surface area (Å²) >= 11 is 2.90. The summed E-state index contributed by atoms with van der Waals surface area (Å²) in [6.07, 6.45) is -4.67. The normalized spacial score (nSPS) is 10.9. The molecule has 0 heterocycles. The molecule has 3 nitrogen and oxygen atoms in total. The van der Waals surface area contributed by atoms with Crippen molar-refractivity contribution in [3.8, 4) is 11.8 Å². The molecule has 0 saturated heterocycles. The predicted molar refractivity (Wildman–Crippen MR) is 60.3 cm³/mol. The Labute approximate surface area is 109 Å². The Hall–Kier alpha value is -1.55. The van der Waals surface area contributed by atoms with Gasteiger partial charge in [-0.15, -0.1) is 0 Å². The number of benzene rings is 1. The summed E-state index contributed by atoms with van der Waals surface area (Å²) in [6.45, 7) is 0.562. The highest BCUT2D eigenvalue weighted by molar-refractivity contribution is 9.10. The number of halogens is 4. The highest BCUT2D eigenvalue weighted by Gasteiger charge is 2.36. The smallest absolute Gasteiger partial charge is 0.420 e. The fraction of sp³-hybridized carbons (Fsp3) is 0.273. The maximum Gasteiger partial charge on any atom is 0.420 e. The van der Waals surface area contributed by atoms with E-state index in [1.165, 1.54) is 6.07 Å². The third-order valence-electron chi connectivity index (χ3n) is 2.02. The molecule has 0 atom stereocenters. The second kappa shape index (κ2) is 5.40. The van der Waals surface area contributed by atoms with E-state index < -0.39 is 29.9 Å². The third-order valence-corrected chi connectivity index (χ3v) is 2.48. The number of Topliss-reactive ketones (excluding diaryl/α,β-unsaturated/α-hetero) is 1. The summed E-state index contributed by atoms with van der Waals surface area (Å²) in [5, 5.41) is 8.35. The van der Waals surface area contributed by atoms with Gasteiger partial charge in [0, 0.05) is 4.47 Å². The fourth-order valence-electron chi connectivity index (χ4n) is 1.33. The van der Waals surface area contributed by atoms with Crippen molar-refractivity contribution in [1.29, 1.82) is 5.26 Å². The van der Waals surface area contributed by atoms with E-state index in [0.717, 1.165) is 13.0 Å². The quantitative estimate of drug-likeness (QED) is 0.800. The van der Waals surface area contributed by atoms with Crippen LogP contribution in [0.3, 0.4) is 0 Å². The van der Waals surface area contributed by atoms with Crippen molar-refractivity contribution >= 4 is 21.7 Å². The van der Waals surface area contributed by atoms with E-state index in [4.69, 9.17) is 10.00 Å². The summed E-state index contributed by atoms with van der Waals surface area (Å²) in [6, 6.07) is 3.59. The van der Waals surface area contributed by atoms with E-state index in [-0.39, 0.29) is 10.0 Å². The monoisotopic (exact) mass is 321 g/mol. The van der Waals surface area contributed by atoms with Gasteiger partial charge in [0.05, 0.1) is 11.1 Å². The third kappa shape index (κ3) is 3.23. The van der Waals surface area contributed by atoms with E-state index in [2.05, 4.69) is 15.9 Å². The molecule has 0 fully saturated rings. The summed E-state index contributed by atoms with van der Waals surface area (Å²) in [5.41, 5.74) is -1.30. The topological polar surface area (TPSA) is 50.1 Å². The van der Waals surface area contributed by atoms with Gasteiger partial charge < -0.3 is 4.74 Å². The van der Waals surface area contributed by atoms with Crippen LogP contribution in [0.25, 0.3) is 0 Å². The molecule has 7 heteroatoms. The number of hydrogen-bond acceptors (Lipinski definition) is 3. The van der Waals surface area contributed by atoms with Crippen LogP contribution in [0.2, 0.25) is 0 Å². The second-order valence-corrected chi connectivity index (χ2v) is 4.25. The number of carbonyl (C=O) groups excluding carboxylic acids is 1. The molecule has 0 aromatic heterocycles. The Bertz CT molecular complexity index is 520. The number of alkyl halides is 3. The first-order chi connectivity index (χ1) is 8.27. The molecule has 0 spiro atoms. The van der Waals surface area contributed by atoms with Crippen molar-refractivity contribution in [2.45, 2.75) is 13.1 Å². The van der Waals surface area contributed by atoms with E-state index in [1.807, 2.05) is 0 Å². The number of hydrogen-bond donors (Lipinski definition) is 0. The van der Waals surface area contributed by atoms with E-state index in [1.54, 1.807) is 6.07 Å². The van der Waals surface area contributed by atoms with Gasteiger partial charge in [-0.1, -0.05) is 15.9 Å². The van der Waals surface area contributed by atoms with Crippen LogP contribution in [-0.2, 0) is 6.18 Å². The van der Waals surface area contributed by atoms with Crippen molar-refractivity contribution in [3.05, 3.63) is 27.7 Å². The first-order valence-corrected chi connectivity index (χ1v) is 5.48. The van der Waals surface area contributed by atoms with Crippen LogP contribution < -0.4 is 4.74 Å². The number of ether oxygens (including phenoxy) is 1. The number of nitrogens with zero attached hydrogens (tertiary/aromatic N) is 1. The molecule has 1 rings (SSSR count). The van der Waals surface area contributed by atoms with Crippen LogP contribution in [-0.4, -0.2) is 12.4 Å². The number of ketones is 1. The SMILES string of the molecule is CC(=O)c1cc(Br)cc(C(F)(F)F)c1OCC#N. The number of rotatable bonds is 3. The van der Waals surface area contributed by atoms with Gasteiger partial charge in [-0.05, 0) is 19.1 Å². The Morgan fingerprint density at radius 3 is 2.56 bits per heavy atom. The zero-order valence-corrected chi connectivity index (χ0v) is 10.7. The maximum atomic E-state index is 12.8. The minimum atomic E-state index is -4.67. The zero-order valence-electron chi connectivity index (χ0n) is 9.14. The van der Waals surface area contributed by atoms with Crippen LogP contribution in [0, 0.1) is 11.3 Å². The number of nitriles is 1. The molecule has 0 unspecified atom stereocenters. The lowest BCUT2D eigenvalue weighted by Gasteiger charge is -2.15. The van der Waals surface area contributed by atoms with Crippen molar-refractivity contribution in [1.82, 2.24) is 0 Å².